The van der Waals surface area contributed by atoms with Crippen molar-refractivity contribution >= 4 is 23.0 Å². The van der Waals surface area contributed by atoms with Gasteiger partial charge in [0.2, 0.25) is 5.78 Å². The van der Waals surface area contributed by atoms with Crippen LogP contribution in [-0.4, -0.2) is 29.8 Å². The maximum atomic E-state index is 13.0. The molecule has 3 aromatic rings. The first-order valence-electron chi connectivity index (χ1n) is 8.55. The van der Waals surface area contributed by atoms with Gasteiger partial charge in [0.05, 0.1) is 6.61 Å². The smallest absolute Gasteiger partial charge is 0.205 e. The number of fused-ring (bicyclic) bond motifs is 1. The lowest BCUT2D eigenvalue weighted by atomic mass is 10.0. The minimum Gasteiger partial charge on any atom is -0.490 e. The Balaban J connectivity index is 1.90. The fourth-order valence-electron chi connectivity index (χ4n) is 3.01. The Morgan fingerprint density at radius 3 is 2.69 bits per heavy atom. The number of aromatic nitrogens is 1. The van der Waals surface area contributed by atoms with Crippen molar-refractivity contribution in [3.63, 3.8) is 0 Å². The number of benzene rings is 2. The van der Waals surface area contributed by atoms with Crippen LogP contribution in [0.4, 0.5) is 0 Å². The van der Waals surface area contributed by atoms with Gasteiger partial charge in [0.15, 0.2) is 17.6 Å². The lowest BCUT2D eigenvalue weighted by molar-refractivity contribution is 0.0813. The molecule has 0 saturated carbocycles. The summed E-state index contributed by atoms with van der Waals surface area (Å²) in [6.07, 6.45) is 0.0464. The zero-order valence-electron chi connectivity index (χ0n) is 15.0. The fourth-order valence-corrected chi connectivity index (χ4v) is 3.01. The predicted octanol–water partition coefficient (Wildman–Crippen LogP) is 4.34. The van der Waals surface area contributed by atoms with Crippen LogP contribution < -0.4 is 9.47 Å². The number of nitrogens with one attached hydrogen (secondary N) is 1. The molecule has 0 saturated heterocycles. The van der Waals surface area contributed by atoms with E-state index in [1.165, 1.54) is 0 Å². The monoisotopic (exact) mass is 351 g/mol. The SMILES string of the molecule is CCOc1cc(C=O)ccc1O[C@@H](C)C(=O)c1c(C)[nH]c2ccccc12. The Bertz CT molecular complexity index is 958. The summed E-state index contributed by atoms with van der Waals surface area (Å²) in [4.78, 5) is 27.2. The molecule has 0 radical (unpaired) electrons. The summed E-state index contributed by atoms with van der Waals surface area (Å²) in [7, 11) is 0. The van der Waals surface area contributed by atoms with Crippen LogP contribution in [0.2, 0.25) is 0 Å². The van der Waals surface area contributed by atoms with E-state index in [0.29, 0.717) is 29.2 Å². The summed E-state index contributed by atoms with van der Waals surface area (Å²) in [5.41, 5.74) is 2.86. The molecule has 0 aliphatic heterocycles. The van der Waals surface area contributed by atoms with Gasteiger partial charge in [-0.1, -0.05) is 18.2 Å². The van der Waals surface area contributed by atoms with Crippen molar-refractivity contribution in [2.24, 2.45) is 0 Å². The molecule has 1 atom stereocenters. The van der Waals surface area contributed by atoms with Crippen molar-refractivity contribution in [3.8, 4) is 11.5 Å². The number of hydrogen-bond acceptors (Lipinski definition) is 4. The molecule has 0 spiro atoms. The van der Waals surface area contributed by atoms with Gasteiger partial charge in [-0.05, 0) is 45.0 Å². The Hall–Kier alpha value is -3.08. The van der Waals surface area contributed by atoms with Crippen molar-refractivity contribution in [3.05, 3.63) is 59.3 Å². The second-order valence-corrected chi connectivity index (χ2v) is 6.05. The van der Waals surface area contributed by atoms with Gasteiger partial charge in [-0.3, -0.25) is 9.59 Å². The topological polar surface area (TPSA) is 68.4 Å². The average Bonchev–Trinajstić information content (AvgIpc) is 2.98. The van der Waals surface area contributed by atoms with Crippen LogP contribution in [0.25, 0.3) is 10.9 Å². The van der Waals surface area contributed by atoms with E-state index in [1.807, 2.05) is 38.1 Å². The first-order chi connectivity index (χ1) is 12.5. The van der Waals surface area contributed by atoms with Gasteiger partial charge >= 0.3 is 0 Å². The summed E-state index contributed by atoms with van der Waals surface area (Å²) in [6, 6.07) is 12.6. The van der Waals surface area contributed by atoms with Crippen molar-refractivity contribution < 1.29 is 19.1 Å². The number of ketones is 1. The van der Waals surface area contributed by atoms with Gasteiger partial charge in [0.25, 0.3) is 0 Å². The van der Waals surface area contributed by atoms with Crippen molar-refractivity contribution in [1.82, 2.24) is 4.98 Å². The first-order valence-corrected chi connectivity index (χ1v) is 8.55. The minimum absolute atomic E-state index is 0.109. The lowest BCUT2D eigenvalue weighted by Gasteiger charge is -2.17. The highest BCUT2D eigenvalue weighted by molar-refractivity contribution is 6.11. The van der Waals surface area contributed by atoms with Gasteiger partial charge in [0, 0.05) is 27.7 Å². The Morgan fingerprint density at radius 2 is 1.96 bits per heavy atom. The first kappa shape index (κ1) is 17.7. The van der Waals surface area contributed by atoms with Crippen LogP contribution in [0.5, 0.6) is 11.5 Å². The number of hydrogen-bond donors (Lipinski definition) is 1. The third-order valence-corrected chi connectivity index (χ3v) is 4.22. The quantitative estimate of drug-likeness (QED) is 0.508. The molecular formula is C21H21NO4. The molecule has 0 aliphatic rings. The maximum Gasteiger partial charge on any atom is 0.205 e. The van der Waals surface area contributed by atoms with E-state index in [-0.39, 0.29) is 5.78 Å². The van der Waals surface area contributed by atoms with E-state index in [9.17, 15) is 9.59 Å². The number of H-pyrrole nitrogens is 1. The van der Waals surface area contributed by atoms with Crippen LogP contribution in [0.1, 0.15) is 40.3 Å². The maximum absolute atomic E-state index is 13.0. The molecule has 5 nitrogen and oxygen atoms in total. The van der Waals surface area contributed by atoms with Crippen molar-refractivity contribution in [2.45, 2.75) is 26.9 Å². The Kier molecular flexibility index (Phi) is 5.07. The highest BCUT2D eigenvalue weighted by atomic mass is 16.5. The molecular weight excluding hydrogens is 330 g/mol. The third-order valence-electron chi connectivity index (χ3n) is 4.22. The number of carbonyl (C=O) groups excluding carboxylic acids is 2. The minimum atomic E-state index is -0.700. The number of aromatic amines is 1. The predicted molar refractivity (Wildman–Crippen MR) is 100 cm³/mol. The molecule has 0 amide bonds. The molecule has 134 valence electrons. The summed E-state index contributed by atoms with van der Waals surface area (Å²) >= 11 is 0. The second kappa shape index (κ2) is 7.44. The molecule has 0 aliphatic carbocycles. The van der Waals surface area contributed by atoms with Gasteiger partial charge < -0.3 is 14.5 Å². The normalized spacial score (nSPS) is 12.0. The van der Waals surface area contributed by atoms with E-state index in [0.717, 1.165) is 22.9 Å². The van der Waals surface area contributed by atoms with Gasteiger partial charge in [-0.25, -0.2) is 0 Å². The zero-order chi connectivity index (χ0) is 18.7. The van der Waals surface area contributed by atoms with Crippen molar-refractivity contribution in [1.29, 1.82) is 0 Å². The molecule has 3 rings (SSSR count). The largest absolute Gasteiger partial charge is 0.490 e. The molecule has 1 heterocycles. The van der Waals surface area contributed by atoms with E-state index in [4.69, 9.17) is 9.47 Å². The van der Waals surface area contributed by atoms with Crippen LogP contribution in [0.15, 0.2) is 42.5 Å². The summed E-state index contributed by atoms with van der Waals surface area (Å²) < 4.78 is 11.4. The molecule has 26 heavy (non-hydrogen) atoms. The highest BCUT2D eigenvalue weighted by Gasteiger charge is 2.23. The second-order valence-electron chi connectivity index (χ2n) is 6.05. The van der Waals surface area contributed by atoms with Crippen LogP contribution in [0, 0.1) is 6.92 Å². The standard InChI is InChI=1S/C21H21NO4/c1-4-25-19-11-15(12-23)9-10-18(19)26-14(3)21(24)20-13(2)22-17-8-6-5-7-16(17)20/h5-12,14,22H,4H2,1-3H3/t14-/m0/s1. The number of aryl methyl sites for hydroxylation is 1. The average molecular weight is 351 g/mol. The molecule has 5 heteroatoms. The molecule has 0 unspecified atom stereocenters. The van der Waals surface area contributed by atoms with E-state index in [1.54, 1.807) is 25.1 Å². The molecule has 2 aromatic carbocycles. The highest BCUT2D eigenvalue weighted by Crippen LogP contribution is 2.30. The van der Waals surface area contributed by atoms with Crippen LogP contribution >= 0.6 is 0 Å². The number of aldehydes is 1. The number of rotatable bonds is 7. The summed E-state index contributed by atoms with van der Waals surface area (Å²) in [5.74, 6) is 0.782. The van der Waals surface area contributed by atoms with Gasteiger partial charge in [-0.15, -0.1) is 0 Å². The van der Waals surface area contributed by atoms with E-state index in [2.05, 4.69) is 4.98 Å². The number of para-hydroxylation sites is 1. The molecule has 0 bridgehead atoms. The van der Waals surface area contributed by atoms with E-state index >= 15 is 0 Å². The Labute approximate surface area is 151 Å². The van der Waals surface area contributed by atoms with Gasteiger partial charge in [-0.2, -0.15) is 0 Å². The van der Waals surface area contributed by atoms with Gasteiger partial charge in [0.1, 0.15) is 6.29 Å². The van der Waals surface area contributed by atoms with E-state index < -0.39 is 6.10 Å². The molecule has 1 N–H and O–H groups in total. The fraction of sp³-hybridized carbons (Fsp3) is 0.238. The van der Waals surface area contributed by atoms with Crippen molar-refractivity contribution in [2.75, 3.05) is 6.61 Å². The third kappa shape index (κ3) is 3.33. The lowest BCUT2D eigenvalue weighted by Crippen LogP contribution is -2.24. The molecule has 1 aromatic heterocycles. The number of Topliss-reactive ketones (excluding diaryl/α,β-unsaturated/α-hetero) is 1. The van der Waals surface area contributed by atoms with Crippen LogP contribution in [-0.2, 0) is 0 Å². The zero-order valence-corrected chi connectivity index (χ0v) is 15.0. The Morgan fingerprint density at radius 1 is 1.19 bits per heavy atom. The molecule has 0 fully saturated rings. The summed E-state index contributed by atoms with van der Waals surface area (Å²) in [6.45, 7) is 5.88. The van der Waals surface area contributed by atoms with Crippen LogP contribution in [0.3, 0.4) is 0 Å². The number of carbonyl (C=O) groups is 2. The number of ether oxygens (including phenoxy) is 2. The summed E-state index contributed by atoms with van der Waals surface area (Å²) in [5, 5.41) is 0.881.